The van der Waals surface area contributed by atoms with Crippen LogP contribution in [0, 0.1) is 0 Å². The first-order chi connectivity index (χ1) is 19.7. The molecule has 206 valence electrons. The average Bonchev–Trinajstić information content (AvgIpc) is 3.52. The van der Waals surface area contributed by atoms with Crippen molar-refractivity contribution in [1.29, 1.82) is 0 Å². The highest BCUT2D eigenvalue weighted by Gasteiger charge is 2.36. The van der Waals surface area contributed by atoms with Crippen molar-refractivity contribution in [2.24, 2.45) is 0 Å². The third-order valence-corrected chi connectivity index (χ3v) is 9.69. The van der Waals surface area contributed by atoms with Crippen molar-refractivity contribution in [3.8, 4) is 11.1 Å². The van der Waals surface area contributed by atoms with Gasteiger partial charge in [0.1, 0.15) is 16.4 Å². The molecule has 3 atom stereocenters. The Hall–Kier alpha value is -3.30. The molecule has 40 heavy (non-hydrogen) atoms. The number of carbonyl (C=O) groups excluding carboxylic acids is 1. The summed E-state index contributed by atoms with van der Waals surface area (Å²) in [5.41, 5.74) is 4.32. The third-order valence-electron chi connectivity index (χ3n) is 6.86. The minimum Gasteiger partial charge on any atom is -0.347 e. The van der Waals surface area contributed by atoms with Crippen molar-refractivity contribution >= 4 is 28.7 Å². The molecule has 2 heterocycles. The van der Waals surface area contributed by atoms with Crippen LogP contribution in [0.4, 0.5) is 0 Å². The number of nitrogens with one attached hydrogen (secondary N) is 2. The summed E-state index contributed by atoms with van der Waals surface area (Å²) in [5, 5.41) is 6.25. The molecule has 3 unspecified atom stereocenters. The number of hydrogen-bond donors (Lipinski definition) is 2. The van der Waals surface area contributed by atoms with Gasteiger partial charge in [-0.2, -0.15) is 4.31 Å². The van der Waals surface area contributed by atoms with E-state index >= 15 is 0 Å². The van der Waals surface area contributed by atoms with Gasteiger partial charge in [-0.05, 0) is 53.9 Å². The van der Waals surface area contributed by atoms with Gasteiger partial charge in [0.2, 0.25) is 5.91 Å². The van der Waals surface area contributed by atoms with Gasteiger partial charge in [0.25, 0.3) is 0 Å². The Labute approximate surface area is 243 Å². The maximum atomic E-state index is 13.6. The molecule has 5 rings (SSSR count). The number of rotatable bonds is 12. The van der Waals surface area contributed by atoms with E-state index in [0.29, 0.717) is 11.4 Å². The lowest BCUT2D eigenvalue weighted by atomic mass is 10.0. The van der Waals surface area contributed by atoms with E-state index in [9.17, 15) is 9.00 Å². The molecule has 1 aromatic heterocycles. The van der Waals surface area contributed by atoms with Crippen molar-refractivity contribution in [2.45, 2.75) is 29.2 Å². The molecule has 0 bridgehead atoms. The SMILES string of the molecule is O=C(NC(CCNCCc1ccccn1)c1ccccc1)C1SCCN1S(=O)c1ccc(-c2ccccc2)cc1. The van der Waals surface area contributed by atoms with Crippen LogP contribution in [0.3, 0.4) is 0 Å². The van der Waals surface area contributed by atoms with Crippen LogP contribution < -0.4 is 10.6 Å². The summed E-state index contributed by atoms with van der Waals surface area (Å²) in [6.07, 6.45) is 3.42. The fraction of sp³-hybridized carbons (Fsp3) is 0.250. The normalized spacial score (nSPS) is 16.9. The number of aromatic nitrogens is 1. The monoisotopic (exact) mass is 570 g/mol. The maximum Gasteiger partial charge on any atom is 0.249 e. The summed E-state index contributed by atoms with van der Waals surface area (Å²) < 4.78 is 15.4. The van der Waals surface area contributed by atoms with Gasteiger partial charge in [-0.3, -0.25) is 9.78 Å². The molecule has 1 fully saturated rings. The molecule has 8 heteroatoms. The summed E-state index contributed by atoms with van der Waals surface area (Å²) >= 11 is 1.55. The van der Waals surface area contributed by atoms with E-state index in [2.05, 4.69) is 27.8 Å². The second-order valence-electron chi connectivity index (χ2n) is 9.59. The van der Waals surface area contributed by atoms with Gasteiger partial charge in [0.05, 0.1) is 10.9 Å². The third kappa shape index (κ3) is 7.46. The fourth-order valence-corrected chi connectivity index (χ4v) is 7.46. The van der Waals surface area contributed by atoms with E-state index in [-0.39, 0.29) is 11.9 Å². The minimum atomic E-state index is -1.43. The predicted octanol–water partition coefficient (Wildman–Crippen LogP) is 5.23. The molecule has 1 aliphatic heterocycles. The second kappa shape index (κ2) is 14.4. The number of hydrogen-bond acceptors (Lipinski definition) is 5. The van der Waals surface area contributed by atoms with E-state index < -0.39 is 16.4 Å². The summed E-state index contributed by atoms with van der Waals surface area (Å²) in [7, 11) is -1.43. The zero-order valence-corrected chi connectivity index (χ0v) is 24.0. The molecule has 2 N–H and O–H groups in total. The molecule has 1 saturated heterocycles. The van der Waals surface area contributed by atoms with Crippen LogP contribution in [-0.2, 0) is 22.2 Å². The first-order valence-electron chi connectivity index (χ1n) is 13.6. The number of benzene rings is 3. The number of carbonyl (C=O) groups is 1. The second-order valence-corrected chi connectivity index (χ2v) is 12.2. The van der Waals surface area contributed by atoms with Crippen molar-refractivity contribution in [2.75, 3.05) is 25.4 Å². The molecule has 3 aromatic carbocycles. The highest BCUT2D eigenvalue weighted by Crippen LogP contribution is 2.30. The zero-order valence-electron chi connectivity index (χ0n) is 22.3. The van der Waals surface area contributed by atoms with Gasteiger partial charge in [0, 0.05) is 37.2 Å². The van der Waals surface area contributed by atoms with Gasteiger partial charge in [-0.15, -0.1) is 11.8 Å². The smallest absolute Gasteiger partial charge is 0.249 e. The zero-order chi connectivity index (χ0) is 27.6. The Balaban J connectivity index is 1.20. The fourth-order valence-electron chi connectivity index (χ4n) is 4.75. The molecule has 0 aliphatic carbocycles. The van der Waals surface area contributed by atoms with Gasteiger partial charge >= 0.3 is 0 Å². The molecule has 1 aliphatic rings. The Bertz CT molecular complexity index is 1370. The van der Waals surface area contributed by atoms with Crippen molar-refractivity contribution in [3.05, 3.63) is 121 Å². The molecule has 1 amide bonds. The molecule has 6 nitrogen and oxygen atoms in total. The van der Waals surface area contributed by atoms with Crippen molar-refractivity contribution < 1.29 is 9.00 Å². The van der Waals surface area contributed by atoms with Gasteiger partial charge in [-0.1, -0.05) is 78.9 Å². The first-order valence-corrected chi connectivity index (χ1v) is 15.8. The molecule has 0 radical (unpaired) electrons. The Morgan fingerprint density at radius 1 is 0.900 bits per heavy atom. The summed E-state index contributed by atoms with van der Waals surface area (Å²) in [4.78, 5) is 18.6. The Morgan fingerprint density at radius 2 is 1.60 bits per heavy atom. The molecule has 4 aromatic rings. The van der Waals surface area contributed by atoms with Crippen LogP contribution in [0.1, 0.15) is 23.7 Å². The number of nitrogens with zero attached hydrogens (tertiary/aromatic N) is 2. The van der Waals surface area contributed by atoms with Crippen LogP contribution in [0.5, 0.6) is 0 Å². The number of thioether (sulfide) groups is 1. The van der Waals surface area contributed by atoms with E-state index in [1.807, 2.05) is 101 Å². The lowest BCUT2D eigenvalue weighted by molar-refractivity contribution is -0.122. The molecular formula is C32H34N4O2S2. The first kappa shape index (κ1) is 28.2. The van der Waals surface area contributed by atoms with Crippen molar-refractivity contribution in [1.82, 2.24) is 19.9 Å². The standard InChI is InChI=1S/C32H34N4O2S2/c37-31(35-30(27-11-5-2-6-12-27)19-22-33-21-18-28-13-7-8-20-34-28)32-36(23-24-39-32)40(38)29-16-14-26(15-17-29)25-9-3-1-4-10-25/h1-17,20,30,32-33H,18-19,21-24H2,(H,35,37). The minimum absolute atomic E-state index is 0.0981. The van der Waals surface area contributed by atoms with Gasteiger partial charge in [0.15, 0.2) is 0 Å². The largest absolute Gasteiger partial charge is 0.347 e. The predicted molar refractivity (Wildman–Crippen MR) is 164 cm³/mol. The van der Waals surface area contributed by atoms with Crippen LogP contribution in [0.15, 0.2) is 114 Å². The summed E-state index contributed by atoms with van der Waals surface area (Å²) in [6.45, 7) is 2.18. The number of pyridine rings is 1. The lowest BCUT2D eigenvalue weighted by Gasteiger charge is -2.25. The van der Waals surface area contributed by atoms with Crippen LogP contribution in [-0.4, -0.2) is 50.2 Å². The van der Waals surface area contributed by atoms with E-state index in [0.717, 1.165) is 54.1 Å². The highest BCUT2D eigenvalue weighted by molar-refractivity contribution is 8.01. The van der Waals surface area contributed by atoms with Gasteiger partial charge < -0.3 is 10.6 Å². The average molecular weight is 571 g/mol. The maximum absolute atomic E-state index is 13.6. The lowest BCUT2D eigenvalue weighted by Crippen LogP contribution is -2.44. The topological polar surface area (TPSA) is 74.3 Å². The van der Waals surface area contributed by atoms with Crippen molar-refractivity contribution in [3.63, 3.8) is 0 Å². The van der Waals surface area contributed by atoms with Gasteiger partial charge in [-0.25, -0.2) is 4.21 Å². The highest BCUT2D eigenvalue weighted by atomic mass is 32.2. The van der Waals surface area contributed by atoms with E-state index in [1.165, 1.54) is 0 Å². The summed E-state index contributed by atoms with van der Waals surface area (Å²) in [6, 6.07) is 33.8. The Kier molecular flexibility index (Phi) is 10.1. The molecule has 0 saturated carbocycles. The number of amides is 1. The Morgan fingerprint density at radius 3 is 2.33 bits per heavy atom. The summed E-state index contributed by atoms with van der Waals surface area (Å²) in [5.74, 6) is 0.663. The van der Waals surface area contributed by atoms with Crippen LogP contribution in [0.25, 0.3) is 11.1 Å². The van der Waals surface area contributed by atoms with Crippen LogP contribution in [0.2, 0.25) is 0 Å². The van der Waals surface area contributed by atoms with E-state index in [4.69, 9.17) is 0 Å². The quantitative estimate of drug-likeness (QED) is 0.228. The molecular weight excluding hydrogens is 537 g/mol. The van der Waals surface area contributed by atoms with E-state index in [1.54, 1.807) is 11.8 Å². The molecule has 0 spiro atoms. The van der Waals surface area contributed by atoms with Crippen LogP contribution >= 0.6 is 11.8 Å².